The van der Waals surface area contributed by atoms with Crippen molar-refractivity contribution in [2.75, 3.05) is 6.61 Å². The third-order valence-electron chi connectivity index (χ3n) is 3.63. The fourth-order valence-electron chi connectivity index (χ4n) is 2.36. The number of carbonyl (C=O) groups excluding carboxylic acids is 1. The minimum absolute atomic E-state index is 0.0594. The van der Waals surface area contributed by atoms with Gasteiger partial charge in [-0.05, 0) is 31.2 Å². The van der Waals surface area contributed by atoms with E-state index in [1.165, 1.54) is 18.2 Å². The number of ether oxygens (including phenoxy) is 2. The SMILES string of the molecule is CCOc1ccc(Cl)c(C(=O)NCc2cccnc2Oc2cccc(F)c2)n1. The molecule has 0 spiro atoms. The summed E-state index contributed by atoms with van der Waals surface area (Å²) < 4.78 is 24.3. The van der Waals surface area contributed by atoms with Gasteiger partial charge in [0.25, 0.3) is 5.91 Å². The molecule has 0 fully saturated rings. The van der Waals surface area contributed by atoms with Crippen molar-refractivity contribution in [1.82, 2.24) is 15.3 Å². The highest BCUT2D eigenvalue weighted by molar-refractivity contribution is 6.33. The van der Waals surface area contributed by atoms with Gasteiger partial charge in [0, 0.05) is 30.4 Å². The molecule has 0 aliphatic rings. The van der Waals surface area contributed by atoms with Gasteiger partial charge in [0.15, 0.2) is 5.69 Å². The molecule has 1 N–H and O–H groups in total. The van der Waals surface area contributed by atoms with Gasteiger partial charge in [-0.15, -0.1) is 0 Å². The lowest BCUT2D eigenvalue weighted by Gasteiger charge is -2.11. The molecule has 28 heavy (non-hydrogen) atoms. The maximum Gasteiger partial charge on any atom is 0.271 e. The van der Waals surface area contributed by atoms with Crippen LogP contribution in [0.5, 0.6) is 17.5 Å². The van der Waals surface area contributed by atoms with E-state index >= 15 is 0 Å². The van der Waals surface area contributed by atoms with Crippen molar-refractivity contribution in [3.63, 3.8) is 0 Å². The lowest BCUT2D eigenvalue weighted by Crippen LogP contribution is -2.24. The number of halogens is 2. The molecule has 0 atom stereocenters. The van der Waals surface area contributed by atoms with E-state index in [4.69, 9.17) is 21.1 Å². The van der Waals surface area contributed by atoms with Crippen LogP contribution in [0.3, 0.4) is 0 Å². The van der Waals surface area contributed by atoms with E-state index in [1.807, 2.05) is 6.92 Å². The summed E-state index contributed by atoms with van der Waals surface area (Å²) in [6.45, 7) is 2.36. The second kappa shape index (κ2) is 9.14. The Bertz CT molecular complexity index is 984. The van der Waals surface area contributed by atoms with Gasteiger partial charge in [-0.25, -0.2) is 14.4 Å². The molecule has 3 aromatic rings. The summed E-state index contributed by atoms with van der Waals surface area (Å²) in [5, 5.41) is 2.94. The largest absolute Gasteiger partial charge is 0.478 e. The number of rotatable bonds is 7. The van der Waals surface area contributed by atoms with Crippen LogP contribution >= 0.6 is 11.6 Å². The van der Waals surface area contributed by atoms with Crippen LogP contribution in [-0.4, -0.2) is 22.5 Å². The number of benzene rings is 1. The molecule has 0 radical (unpaired) electrons. The van der Waals surface area contributed by atoms with Crippen LogP contribution in [0.4, 0.5) is 4.39 Å². The maximum absolute atomic E-state index is 13.4. The first-order valence-electron chi connectivity index (χ1n) is 8.51. The molecular formula is C20H17ClFN3O3. The predicted octanol–water partition coefficient (Wildman–Crippen LogP) is 4.39. The number of hydrogen-bond acceptors (Lipinski definition) is 5. The topological polar surface area (TPSA) is 73.3 Å². The quantitative estimate of drug-likeness (QED) is 0.635. The number of amides is 1. The zero-order valence-corrected chi connectivity index (χ0v) is 15.7. The number of aromatic nitrogens is 2. The summed E-state index contributed by atoms with van der Waals surface area (Å²) in [5.41, 5.74) is 0.668. The highest BCUT2D eigenvalue weighted by atomic mass is 35.5. The smallest absolute Gasteiger partial charge is 0.271 e. The molecule has 0 saturated heterocycles. The Morgan fingerprint density at radius 2 is 2.07 bits per heavy atom. The normalized spacial score (nSPS) is 10.4. The van der Waals surface area contributed by atoms with E-state index in [9.17, 15) is 9.18 Å². The Kier molecular flexibility index (Phi) is 6.39. The molecule has 0 aliphatic carbocycles. The van der Waals surface area contributed by atoms with Crippen molar-refractivity contribution in [1.29, 1.82) is 0 Å². The molecule has 144 valence electrons. The molecule has 2 aromatic heterocycles. The maximum atomic E-state index is 13.4. The van der Waals surface area contributed by atoms with Crippen LogP contribution in [0.25, 0.3) is 0 Å². The van der Waals surface area contributed by atoms with E-state index in [-0.39, 0.29) is 23.1 Å². The van der Waals surface area contributed by atoms with Gasteiger partial charge in [0.2, 0.25) is 11.8 Å². The van der Waals surface area contributed by atoms with Crippen molar-refractivity contribution in [3.05, 3.63) is 76.8 Å². The second-order valence-corrected chi connectivity index (χ2v) is 6.03. The van der Waals surface area contributed by atoms with Crippen molar-refractivity contribution >= 4 is 17.5 Å². The average Bonchev–Trinajstić information content (AvgIpc) is 2.69. The van der Waals surface area contributed by atoms with Gasteiger partial charge in [-0.3, -0.25) is 4.79 Å². The highest BCUT2D eigenvalue weighted by Gasteiger charge is 2.15. The van der Waals surface area contributed by atoms with Crippen LogP contribution in [0, 0.1) is 5.82 Å². The van der Waals surface area contributed by atoms with Crippen molar-refractivity contribution in [2.45, 2.75) is 13.5 Å². The molecule has 3 rings (SSSR count). The van der Waals surface area contributed by atoms with Crippen LogP contribution in [0.15, 0.2) is 54.7 Å². The number of nitrogens with zero attached hydrogens (tertiary/aromatic N) is 2. The molecule has 6 nitrogen and oxygen atoms in total. The molecule has 8 heteroatoms. The predicted molar refractivity (Wildman–Crippen MR) is 102 cm³/mol. The second-order valence-electron chi connectivity index (χ2n) is 5.62. The highest BCUT2D eigenvalue weighted by Crippen LogP contribution is 2.24. The summed E-state index contributed by atoms with van der Waals surface area (Å²) in [6, 6.07) is 12.3. The summed E-state index contributed by atoms with van der Waals surface area (Å²) in [5.74, 6) is -0.00484. The zero-order chi connectivity index (χ0) is 19.9. The summed E-state index contributed by atoms with van der Waals surface area (Å²) in [4.78, 5) is 20.8. The minimum Gasteiger partial charge on any atom is -0.478 e. The lowest BCUT2D eigenvalue weighted by atomic mass is 10.2. The molecule has 0 aliphatic heterocycles. The fraction of sp³-hybridized carbons (Fsp3) is 0.150. The Hall–Kier alpha value is -3.19. The molecule has 0 bridgehead atoms. The van der Waals surface area contributed by atoms with E-state index in [0.29, 0.717) is 23.8 Å². The third-order valence-corrected chi connectivity index (χ3v) is 3.93. The number of carbonyl (C=O) groups is 1. The minimum atomic E-state index is -0.466. The van der Waals surface area contributed by atoms with Gasteiger partial charge in [0.1, 0.15) is 11.6 Å². The van der Waals surface area contributed by atoms with Crippen LogP contribution < -0.4 is 14.8 Å². The first-order chi connectivity index (χ1) is 13.6. The van der Waals surface area contributed by atoms with Gasteiger partial charge in [0.05, 0.1) is 11.6 Å². The van der Waals surface area contributed by atoms with Crippen molar-refractivity contribution in [2.24, 2.45) is 0 Å². The van der Waals surface area contributed by atoms with Crippen LogP contribution in [0.1, 0.15) is 23.0 Å². The number of nitrogens with one attached hydrogen (secondary N) is 1. The molecule has 1 aromatic carbocycles. The molecule has 2 heterocycles. The van der Waals surface area contributed by atoms with E-state index in [2.05, 4.69) is 15.3 Å². The first-order valence-corrected chi connectivity index (χ1v) is 8.89. The fourth-order valence-corrected chi connectivity index (χ4v) is 2.55. The third kappa shape index (κ3) is 4.95. The number of pyridine rings is 2. The number of hydrogen-bond donors (Lipinski definition) is 1. The molecular weight excluding hydrogens is 385 g/mol. The Morgan fingerprint density at radius 3 is 2.86 bits per heavy atom. The van der Waals surface area contributed by atoms with Gasteiger partial charge < -0.3 is 14.8 Å². The van der Waals surface area contributed by atoms with E-state index < -0.39 is 11.7 Å². The Labute approximate surface area is 166 Å². The Balaban J connectivity index is 1.73. The average molecular weight is 402 g/mol. The van der Waals surface area contributed by atoms with Gasteiger partial charge in [-0.1, -0.05) is 23.7 Å². The molecule has 1 amide bonds. The lowest BCUT2D eigenvalue weighted by molar-refractivity contribution is 0.0944. The van der Waals surface area contributed by atoms with E-state index in [1.54, 1.807) is 36.5 Å². The van der Waals surface area contributed by atoms with Gasteiger partial charge in [-0.2, -0.15) is 0 Å². The summed E-state index contributed by atoms with van der Waals surface area (Å²) in [6.07, 6.45) is 1.55. The molecule has 0 saturated carbocycles. The van der Waals surface area contributed by atoms with Crippen molar-refractivity contribution in [3.8, 4) is 17.5 Å². The van der Waals surface area contributed by atoms with E-state index in [0.717, 1.165) is 0 Å². The van der Waals surface area contributed by atoms with Crippen LogP contribution in [-0.2, 0) is 6.54 Å². The summed E-state index contributed by atoms with van der Waals surface area (Å²) >= 11 is 6.07. The molecule has 0 unspecified atom stereocenters. The standard InChI is InChI=1S/C20H17ClFN3O3/c1-2-27-17-9-8-16(21)18(25-17)19(26)24-12-13-5-4-10-23-20(13)28-15-7-3-6-14(22)11-15/h3-11H,2,12H2,1H3,(H,24,26). The van der Waals surface area contributed by atoms with Crippen LogP contribution in [0.2, 0.25) is 5.02 Å². The van der Waals surface area contributed by atoms with Crippen molar-refractivity contribution < 1.29 is 18.7 Å². The first kappa shape index (κ1) is 19.6. The van der Waals surface area contributed by atoms with Gasteiger partial charge >= 0.3 is 0 Å². The zero-order valence-electron chi connectivity index (χ0n) is 15.0. The summed E-state index contributed by atoms with van der Waals surface area (Å²) in [7, 11) is 0. The Morgan fingerprint density at radius 1 is 1.21 bits per heavy atom. The monoisotopic (exact) mass is 401 g/mol.